The van der Waals surface area contributed by atoms with Gasteiger partial charge in [0.1, 0.15) is 11.1 Å². The van der Waals surface area contributed by atoms with Gasteiger partial charge in [-0.15, -0.1) is 0 Å². The molecule has 2 fully saturated rings. The predicted molar refractivity (Wildman–Crippen MR) is 105 cm³/mol. The first kappa shape index (κ1) is 14.6. The molecule has 2 heterocycles. The zero-order chi connectivity index (χ0) is 17.6. The van der Waals surface area contributed by atoms with Gasteiger partial charge in [0.05, 0.1) is 0 Å². The average molecular weight is 350 g/mol. The molecule has 2 aliphatic heterocycles. The molecule has 6 aliphatic rings. The fourth-order valence-electron chi connectivity index (χ4n) is 7.37. The standard InChI is InChI=1S/C25H22N2/c1-3-7-18(8-4-1)24-20-13-14-21(20)25(27-26-24,19-9-5-2-6-10-19)23-17-12-11-16(15-17)22(23)24/h1-14,16-17,20-23H,15H2/t16-,17+,20+,21-,22+,23-,24-,25+. The highest BCUT2D eigenvalue weighted by atomic mass is 15.3. The molecule has 4 aliphatic carbocycles. The largest absolute Gasteiger partial charge is 0.181 e. The molecule has 2 nitrogen and oxygen atoms in total. The molecule has 0 unspecified atom stereocenters. The van der Waals surface area contributed by atoms with Gasteiger partial charge in [-0.05, 0) is 29.4 Å². The molecule has 0 amide bonds. The van der Waals surface area contributed by atoms with Gasteiger partial charge in [0.15, 0.2) is 0 Å². The van der Waals surface area contributed by atoms with Gasteiger partial charge >= 0.3 is 0 Å². The van der Waals surface area contributed by atoms with Crippen molar-refractivity contribution in [2.75, 3.05) is 0 Å². The Hall–Kier alpha value is -2.48. The number of nitrogens with zero attached hydrogens (tertiary/aromatic N) is 2. The lowest BCUT2D eigenvalue weighted by molar-refractivity contribution is -0.0851. The van der Waals surface area contributed by atoms with Gasteiger partial charge in [-0.1, -0.05) is 85.0 Å². The Morgan fingerprint density at radius 2 is 1.04 bits per heavy atom. The van der Waals surface area contributed by atoms with Crippen LogP contribution >= 0.6 is 0 Å². The van der Waals surface area contributed by atoms with E-state index in [1.807, 2.05) is 0 Å². The number of allylic oxidation sites excluding steroid dienone is 2. The number of benzene rings is 2. The van der Waals surface area contributed by atoms with Crippen molar-refractivity contribution in [2.45, 2.75) is 17.5 Å². The minimum atomic E-state index is -0.175. The van der Waals surface area contributed by atoms with Crippen LogP contribution in [0.2, 0.25) is 0 Å². The highest BCUT2D eigenvalue weighted by molar-refractivity contribution is 5.47. The van der Waals surface area contributed by atoms with Crippen molar-refractivity contribution in [3.8, 4) is 0 Å². The number of hydrogen-bond acceptors (Lipinski definition) is 2. The summed E-state index contributed by atoms with van der Waals surface area (Å²) in [5.41, 5.74) is 2.38. The first-order chi connectivity index (χ1) is 13.4. The Balaban J connectivity index is 1.55. The average Bonchev–Trinajstić information content (AvgIpc) is 3.33. The highest BCUT2D eigenvalue weighted by Gasteiger charge is 2.75. The molecule has 0 spiro atoms. The van der Waals surface area contributed by atoms with E-state index in [0.717, 1.165) is 0 Å². The van der Waals surface area contributed by atoms with Crippen molar-refractivity contribution in [3.05, 3.63) is 96.1 Å². The number of rotatable bonds is 2. The maximum atomic E-state index is 5.23. The van der Waals surface area contributed by atoms with Crippen LogP contribution < -0.4 is 0 Å². The van der Waals surface area contributed by atoms with E-state index in [4.69, 9.17) is 10.2 Å². The number of fused-ring (bicyclic) bond motifs is 2. The monoisotopic (exact) mass is 350 g/mol. The molecule has 8 atom stereocenters. The van der Waals surface area contributed by atoms with E-state index in [2.05, 4.69) is 85.0 Å². The molecular formula is C25H22N2. The van der Waals surface area contributed by atoms with Crippen LogP contribution in [0.5, 0.6) is 0 Å². The Kier molecular flexibility index (Phi) is 2.52. The second-order valence-electron chi connectivity index (χ2n) is 9.02. The van der Waals surface area contributed by atoms with E-state index in [-0.39, 0.29) is 11.1 Å². The predicted octanol–water partition coefficient (Wildman–Crippen LogP) is 5.50. The molecule has 0 saturated heterocycles. The second-order valence-corrected chi connectivity index (χ2v) is 9.02. The molecule has 2 aromatic rings. The summed E-state index contributed by atoms with van der Waals surface area (Å²) in [6.45, 7) is 0. The van der Waals surface area contributed by atoms with Gasteiger partial charge < -0.3 is 0 Å². The van der Waals surface area contributed by atoms with Crippen molar-refractivity contribution in [1.29, 1.82) is 0 Å². The van der Waals surface area contributed by atoms with Crippen molar-refractivity contribution in [1.82, 2.24) is 0 Å². The second kappa shape index (κ2) is 4.67. The molecule has 0 aromatic heterocycles. The lowest BCUT2D eigenvalue weighted by Gasteiger charge is -2.66. The Morgan fingerprint density at radius 1 is 0.593 bits per heavy atom. The van der Waals surface area contributed by atoms with Gasteiger partial charge in [0.2, 0.25) is 0 Å². The van der Waals surface area contributed by atoms with E-state index in [0.29, 0.717) is 35.5 Å². The number of azo groups is 1. The van der Waals surface area contributed by atoms with Crippen molar-refractivity contribution in [3.63, 3.8) is 0 Å². The number of hydrogen-bond donors (Lipinski definition) is 0. The smallest absolute Gasteiger partial charge is 0.117 e. The van der Waals surface area contributed by atoms with Gasteiger partial charge in [0.25, 0.3) is 0 Å². The van der Waals surface area contributed by atoms with Crippen molar-refractivity contribution in [2.24, 2.45) is 45.7 Å². The third-order valence-corrected chi connectivity index (χ3v) is 8.26. The molecule has 4 bridgehead atoms. The molecule has 0 N–H and O–H groups in total. The molecule has 2 aromatic carbocycles. The van der Waals surface area contributed by atoms with Gasteiger partial charge in [-0.25, -0.2) is 0 Å². The molecule has 0 radical (unpaired) electrons. The fraction of sp³-hybridized carbons (Fsp3) is 0.360. The zero-order valence-electron chi connectivity index (χ0n) is 15.1. The third-order valence-electron chi connectivity index (χ3n) is 8.26. The Morgan fingerprint density at radius 3 is 1.44 bits per heavy atom. The van der Waals surface area contributed by atoms with Gasteiger partial charge in [-0.3, -0.25) is 0 Å². The summed E-state index contributed by atoms with van der Waals surface area (Å²) in [7, 11) is 0. The minimum Gasteiger partial charge on any atom is -0.181 e. The van der Waals surface area contributed by atoms with Crippen LogP contribution in [-0.2, 0) is 11.1 Å². The van der Waals surface area contributed by atoms with E-state index < -0.39 is 0 Å². The summed E-state index contributed by atoms with van der Waals surface area (Å²) < 4.78 is 0. The molecule has 2 saturated carbocycles. The topological polar surface area (TPSA) is 24.7 Å². The van der Waals surface area contributed by atoms with E-state index in [1.165, 1.54) is 17.5 Å². The first-order valence-corrected chi connectivity index (χ1v) is 10.3. The Labute approximate surface area is 159 Å². The van der Waals surface area contributed by atoms with E-state index >= 15 is 0 Å². The first-order valence-electron chi connectivity index (χ1n) is 10.3. The summed E-state index contributed by atoms with van der Waals surface area (Å²) in [6, 6.07) is 22.1. The van der Waals surface area contributed by atoms with Crippen LogP contribution in [0.15, 0.2) is 95.2 Å². The molecule has 8 rings (SSSR count). The van der Waals surface area contributed by atoms with E-state index in [9.17, 15) is 0 Å². The zero-order valence-corrected chi connectivity index (χ0v) is 15.1. The summed E-state index contributed by atoms with van der Waals surface area (Å²) in [5, 5.41) is 10.5. The van der Waals surface area contributed by atoms with Crippen LogP contribution in [0.4, 0.5) is 0 Å². The summed E-state index contributed by atoms with van der Waals surface area (Å²) in [5.74, 6) is 3.31. The van der Waals surface area contributed by atoms with Crippen LogP contribution in [0.1, 0.15) is 17.5 Å². The van der Waals surface area contributed by atoms with Crippen LogP contribution in [0.25, 0.3) is 0 Å². The van der Waals surface area contributed by atoms with Crippen molar-refractivity contribution < 1.29 is 0 Å². The molecule has 132 valence electrons. The minimum absolute atomic E-state index is 0.175. The Bertz CT molecular complexity index is 928. The quantitative estimate of drug-likeness (QED) is 0.639. The van der Waals surface area contributed by atoms with Crippen LogP contribution in [0, 0.1) is 35.5 Å². The van der Waals surface area contributed by atoms with Crippen LogP contribution in [-0.4, -0.2) is 0 Å². The summed E-state index contributed by atoms with van der Waals surface area (Å²) >= 11 is 0. The van der Waals surface area contributed by atoms with Crippen LogP contribution in [0.3, 0.4) is 0 Å². The maximum Gasteiger partial charge on any atom is 0.117 e. The molecular weight excluding hydrogens is 328 g/mol. The van der Waals surface area contributed by atoms with Crippen molar-refractivity contribution >= 4 is 0 Å². The molecule has 2 heteroatoms. The third kappa shape index (κ3) is 1.46. The van der Waals surface area contributed by atoms with E-state index in [1.54, 1.807) is 0 Å². The summed E-state index contributed by atoms with van der Waals surface area (Å²) in [6.07, 6.45) is 11.1. The van der Waals surface area contributed by atoms with Gasteiger partial charge in [0, 0.05) is 23.7 Å². The SMILES string of the molecule is C1=C[C@H]2C[C@@H]1[C@H]1[C@@H]2[C@@]2(c3ccccc3)N=N[C@]1(c1ccccc1)[C@H]1C=C[C@H]12. The highest BCUT2D eigenvalue weighted by Crippen LogP contribution is 2.75. The maximum absolute atomic E-state index is 5.23. The lowest BCUT2D eigenvalue weighted by atomic mass is 9.42. The molecule has 27 heavy (non-hydrogen) atoms. The normalized spacial score (nSPS) is 47.0. The van der Waals surface area contributed by atoms with Gasteiger partial charge in [-0.2, -0.15) is 10.2 Å². The fourth-order valence-corrected chi connectivity index (χ4v) is 7.37. The summed E-state index contributed by atoms with van der Waals surface area (Å²) in [4.78, 5) is 0. The lowest BCUT2D eigenvalue weighted by Crippen LogP contribution is -2.66.